The highest BCUT2D eigenvalue weighted by molar-refractivity contribution is 8.14. The van der Waals surface area contributed by atoms with Gasteiger partial charge in [-0.2, -0.15) is 5.26 Å². The molecular formula is C18H22N4O2S. The summed E-state index contributed by atoms with van der Waals surface area (Å²) in [6, 6.07) is 4.01. The Morgan fingerprint density at radius 3 is 3.08 bits per heavy atom. The summed E-state index contributed by atoms with van der Waals surface area (Å²) in [4.78, 5) is 16.5. The van der Waals surface area contributed by atoms with Crippen LogP contribution in [0.5, 0.6) is 0 Å². The Morgan fingerprint density at radius 2 is 2.44 bits per heavy atom. The van der Waals surface area contributed by atoms with Crippen LogP contribution in [0.1, 0.15) is 29.8 Å². The molecule has 0 radical (unpaired) electrons. The summed E-state index contributed by atoms with van der Waals surface area (Å²) in [7, 11) is 0. The van der Waals surface area contributed by atoms with Crippen LogP contribution >= 0.6 is 11.8 Å². The van der Waals surface area contributed by atoms with Crippen LogP contribution in [-0.4, -0.2) is 40.7 Å². The van der Waals surface area contributed by atoms with Gasteiger partial charge in [0.15, 0.2) is 5.17 Å². The molecule has 132 valence electrons. The zero-order valence-corrected chi connectivity index (χ0v) is 15.4. The molecule has 1 amide bonds. The number of carbonyl (C=O) groups excluding carboxylic acids is 1. The molecule has 1 fully saturated rings. The van der Waals surface area contributed by atoms with Gasteiger partial charge in [0.25, 0.3) is 5.91 Å². The van der Waals surface area contributed by atoms with E-state index in [2.05, 4.69) is 14.9 Å². The Hall–Kier alpha value is -2.04. The maximum absolute atomic E-state index is 12.3. The van der Waals surface area contributed by atoms with Crippen molar-refractivity contribution in [2.24, 2.45) is 4.99 Å². The minimum absolute atomic E-state index is 0.0903. The van der Waals surface area contributed by atoms with Gasteiger partial charge >= 0.3 is 0 Å². The average Bonchev–Trinajstić information content (AvgIpc) is 3.32. The molecule has 3 heterocycles. The molecule has 0 spiro atoms. The first-order valence-electron chi connectivity index (χ1n) is 8.47. The number of aryl methyl sites for hydroxylation is 1. The van der Waals surface area contributed by atoms with Crippen molar-refractivity contribution in [3.05, 3.63) is 28.6 Å². The molecule has 1 unspecified atom stereocenters. The third kappa shape index (κ3) is 4.14. The van der Waals surface area contributed by atoms with Gasteiger partial charge in [-0.05, 0) is 44.4 Å². The van der Waals surface area contributed by atoms with E-state index in [9.17, 15) is 10.1 Å². The van der Waals surface area contributed by atoms with Gasteiger partial charge in [-0.3, -0.25) is 9.79 Å². The van der Waals surface area contributed by atoms with Crippen molar-refractivity contribution >= 4 is 28.9 Å². The van der Waals surface area contributed by atoms with Crippen LogP contribution in [0.2, 0.25) is 0 Å². The number of aliphatic imine (C=N–C) groups is 1. The van der Waals surface area contributed by atoms with Gasteiger partial charge in [-0.15, -0.1) is 0 Å². The van der Waals surface area contributed by atoms with Gasteiger partial charge in [0.2, 0.25) is 0 Å². The zero-order chi connectivity index (χ0) is 17.8. The summed E-state index contributed by atoms with van der Waals surface area (Å²) in [5, 5.41) is 12.7. The molecule has 1 aromatic rings. The molecule has 2 aliphatic rings. The largest absolute Gasteiger partial charge is 0.376 e. The van der Waals surface area contributed by atoms with Crippen LogP contribution in [-0.2, 0) is 16.1 Å². The van der Waals surface area contributed by atoms with Crippen molar-refractivity contribution in [1.29, 1.82) is 5.26 Å². The van der Waals surface area contributed by atoms with Crippen LogP contribution in [0.4, 0.5) is 0 Å². The average molecular weight is 358 g/mol. The lowest BCUT2D eigenvalue weighted by Gasteiger charge is -2.14. The van der Waals surface area contributed by atoms with Crippen molar-refractivity contribution in [2.45, 2.75) is 39.3 Å². The second-order valence-electron chi connectivity index (χ2n) is 6.23. The fourth-order valence-electron chi connectivity index (χ4n) is 3.13. The highest BCUT2D eigenvalue weighted by Gasteiger charge is 2.20. The summed E-state index contributed by atoms with van der Waals surface area (Å²) >= 11 is 1.50. The Bertz CT molecular complexity index is 767. The topological polar surface area (TPSA) is 79.4 Å². The van der Waals surface area contributed by atoms with Crippen molar-refractivity contribution in [2.75, 3.05) is 18.9 Å². The zero-order valence-electron chi connectivity index (χ0n) is 14.5. The van der Waals surface area contributed by atoms with E-state index in [0.29, 0.717) is 11.7 Å². The van der Waals surface area contributed by atoms with E-state index >= 15 is 0 Å². The first-order valence-corrected chi connectivity index (χ1v) is 9.45. The van der Waals surface area contributed by atoms with E-state index in [0.717, 1.165) is 48.7 Å². The Morgan fingerprint density at radius 1 is 1.60 bits per heavy atom. The lowest BCUT2D eigenvalue weighted by molar-refractivity contribution is -0.115. The molecule has 0 aliphatic carbocycles. The lowest BCUT2D eigenvalue weighted by Crippen LogP contribution is -2.28. The molecular weight excluding hydrogens is 336 g/mol. The molecule has 1 aromatic heterocycles. The molecule has 0 bridgehead atoms. The minimum Gasteiger partial charge on any atom is -0.376 e. The van der Waals surface area contributed by atoms with Gasteiger partial charge in [-0.1, -0.05) is 11.8 Å². The Balaban J connectivity index is 1.78. The number of nitriles is 1. The fourth-order valence-corrected chi connectivity index (χ4v) is 3.85. The molecule has 25 heavy (non-hydrogen) atoms. The molecule has 3 rings (SSSR count). The van der Waals surface area contributed by atoms with Crippen molar-refractivity contribution in [1.82, 2.24) is 9.88 Å². The number of amidine groups is 1. The monoisotopic (exact) mass is 358 g/mol. The third-order valence-electron chi connectivity index (χ3n) is 4.49. The predicted octanol–water partition coefficient (Wildman–Crippen LogP) is 2.41. The van der Waals surface area contributed by atoms with Crippen molar-refractivity contribution in [3.8, 4) is 6.07 Å². The highest BCUT2D eigenvalue weighted by atomic mass is 32.2. The normalized spacial score (nSPS) is 20.4. The van der Waals surface area contributed by atoms with Gasteiger partial charge in [0.1, 0.15) is 11.6 Å². The van der Waals surface area contributed by atoms with Crippen LogP contribution in [0.25, 0.3) is 6.08 Å². The van der Waals surface area contributed by atoms with E-state index in [4.69, 9.17) is 4.74 Å². The van der Waals surface area contributed by atoms with Gasteiger partial charge in [-0.25, -0.2) is 0 Å². The number of carbonyl (C=O) groups is 1. The SMILES string of the molecule is Cc1cc(C=C(C#N)C(=O)NC2=NCCS2)c(C)n1CC1CCCO1. The summed E-state index contributed by atoms with van der Waals surface area (Å²) in [5.74, 6) is 0.464. The predicted molar refractivity (Wildman–Crippen MR) is 99.4 cm³/mol. The quantitative estimate of drug-likeness (QED) is 0.662. The summed E-state index contributed by atoms with van der Waals surface area (Å²) in [6.45, 7) is 6.40. The maximum atomic E-state index is 12.3. The number of aromatic nitrogens is 1. The number of hydrogen-bond acceptors (Lipinski definition) is 5. The van der Waals surface area contributed by atoms with E-state index in [1.165, 1.54) is 11.8 Å². The lowest BCUT2D eigenvalue weighted by atomic mass is 10.1. The number of nitrogens with one attached hydrogen (secondary N) is 1. The summed E-state index contributed by atoms with van der Waals surface area (Å²) in [6.07, 6.45) is 4.09. The van der Waals surface area contributed by atoms with Crippen molar-refractivity contribution in [3.63, 3.8) is 0 Å². The molecule has 6 nitrogen and oxygen atoms in total. The molecule has 1 atom stereocenters. The van der Waals surface area contributed by atoms with Crippen LogP contribution < -0.4 is 5.32 Å². The number of hydrogen-bond donors (Lipinski definition) is 1. The van der Waals surface area contributed by atoms with E-state index in [1.807, 2.05) is 26.0 Å². The van der Waals surface area contributed by atoms with E-state index in [1.54, 1.807) is 6.08 Å². The molecule has 0 aromatic carbocycles. The number of thioether (sulfide) groups is 1. The smallest absolute Gasteiger partial charge is 0.267 e. The van der Waals surface area contributed by atoms with E-state index < -0.39 is 5.91 Å². The molecule has 0 saturated carbocycles. The highest BCUT2D eigenvalue weighted by Crippen LogP contribution is 2.22. The molecule has 7 heteroatoms. The van der Waals surface area contributed by atoms with Crippen LogP contribution in [0.3, 0.4) is 0 Å². The number of amides is 1. The van der Waals surface area contributed by atoms with Gasteiger partial charge < -0.3 is 14.6 Å². The second-order valence-corrected chi connectivity index (χ2v) is 7.32. The molecule has 1 saturated heterocycles. The van der Waals surface area contributed by atoms with Gasteiger partial charge in [0, 0.05) is 30.3 Å². The summed E-state index contributed by atoms with van der Waals surface area (Å²) in [5.41, 5.74) is 3.13. The maximum Gasteiger partial charge on any atom is 0.267 e. The fraction of sp³-hybridized carbons (Fsp3) is 0.500. The molecule has 2 aliphatic heterocycles. The molecule has 1 N–H and O–H groups in total. The second kappa shape index (κ2) is 7.89. The van der Waals surface area contributed by atoms with Gasteiger partial charge in [0.05, 0.1) is 12.6 Å². The first-order chi connectivity index (χ1) is 12.1. The third-order valence-corrected chi connectivity index (χ3v) is 5.39. The standard InChI is InChI=1S/C18H22N4O2S/c1-12-8-14(13(2)22(12)11-16-4-3-6-24-16)9-15(10-19)17(23)21-18-20-5-7-25-18/h8-9,16H,3-7,11H2,1-2H3,(H,20,21,23). The van der Waals surface area contributed by atoms with Crippen LogP contribution in [0.15, 0.2) is 16.6 Å². The number of nitrogens with zero attached hydrogens (tertiary/aromatic N) is 3. The summed E-state index contributed by atoms with van der Waals surface area (Å²) < 4.78 is 7.92. The number of rotatable bonds is 4. The minimum atomic E-state index is -0.403. The number of ether oxygens (including phenoxy) is 1. The first kappa shape index (κ1) is 17.8. The van der Waals surface area contributed by atoms with Crippen LogP contribution in [0, 0.1) is 25.2 Å². The Kier molecular flexibility index (Phi) is 5.61. The van der Waals surface area contributed by atoms with E-state index in [-0.39, 0.29) is 11.7 Å². The van der Waals surface area contributed by atoms with Crippen molar-refractivity contribution < 1.29 is 9.53 Å². The Labute approximate surface area is 151 Å².